The Balaban J connectivity index is 1.68. The van der Waals surface area contributed by atoms with E-state index in [-0.39, 0.29) is 12.5 Å². The highest BCUT2D eigenvalue weighted by atomic mass is 16.6. The van der Waals surface area contributed by atoms with Gasteiger partial charge in [0.25, 0.3) is 0 Å². The van der Waals surface area contributed by atoms with E-state index in [2.05, 4.69) is 0 Å². The van der Waals surface area contributed by atoms with Crippen molar-refractivity contribution in [2.45, 2.75) is 57.8 Å². The lowest BCUT2D eigenvalue weighted by Gasteiger charge is -2.43. The average molecular weight is 483 g/mol. The molecule has 2 aromatic carbocycles. The van der Waals surface area contributed by atoms with Crippen LogP contribution in [0.4, 0.5) is 4.79 Å². The number of nitrogens with zero attached hydrogens (tertiary/aromatic N) is 2. The van der Waals surface area contributed by atoms with Crippen molar-refractivity contribution in [2.75, 3.05) is 27.4 Å². The third kappa shape index (κ3) is 4.93. The van der Waals surface area contributed by atoms with E-state index in [1.165, 1.54) is 4.90 Å². The molecule has 0 saturated heterocycles. The number of hydrogen-bond acceptors (Lipinski definition) is 6. The van der Waals surface area contributed by atoms with E-state index >= 15 is 0 Å². The molecule has 0 fully saturated rings. The summed E-state index contributed by atoms with van der Waals surface area (Å²) in [7, 11) is 3.14. The predicted octanol–water partition coefficient (Wildman–Crippen LogP) is 3.48. The van der Waals surface area contributed by atoms with Crippen molar-refractivity contribution in [3.63, 3.8) is 0 Å². The van der Waals surface area contributed by atoms with Crippen LogP contribution in [0.25, 0.3) is 0 Å². The minimum Gasteiger partial charge on any atom is -0.493 e. The SMILES string of the molecule is COc1cc2c(cc1OC)C(CO)N(C(=O)[C@@H]1Cc3ccccc3CN1C(=O)OC(C)(C)C)CC2. The fourth-order valence-electron chi connectivity index (χ4n) is 4.94. The lowest BCUT2D eigenvalue weighted by atomic mass is 9.89. The maximum absolute atomic E-state index is 14.0. The van der Waals surface area contributed by atoms with Gasteiger partial charge in [0.15, 0.2) is 11.5 Å². The first-order valence-corrected chi connectivity index (χ1v) is 11.9. The molecule has 0 radical (unpaired) electrons. The molecule has 8 heteroatoms. The number of methoxy groups -OCH3 is 2. The van der Waals surface area contributed by atoms with Crippen LogP contribution in [0.15, 0.2) is 36.4 Å². The maximum atomic E-state index is 14.0. The van der Waals surface area contributed by atoms with Crippen LogP contribution in [0.5, 0.6) is 11.5 Å². The van der Waals surface area contributed by atoms with Gasteiger partial charge in [-0.3, -0.25) is 9.69 Å². The first-order valence-electron chi connectivity index (χ1n) is 11.9. The summed E-state index contributed by atoms with van der Waals surface area (Å²) in [4.78, 5) is 30.4. The van der Waals surface area contributed by atoms with Gasteiger partial charge < -0.3 is 24.2 Å². The Morgan fingerprint density at radius 2 is 1.66 bits per heavy atom. The molecule has 0 bridgehead atoms. The Morgan fingerprint density at radius 1 is 1.00 bits per heavy atom. The molecule has 1 N–H and O–H groups in total. The van der Waals surface area contributed by atoms with Gasteiger partial charge in [0.05, 0.1) is 33.4 Å². The number of fused-ring (bicyclic) bond motifs is 2. The van der Waals surface area contributed by atoms with Gasteiger partial charge in [0, 0.05) is 13.0 Å². The molecular formula is C27H34N2O6. The van der Waals surface area contributed by atoms with Crippen LogP contribution in [0.3, 0.4) is 0 Å². The summed E-state index contributed by atoms with van der Waals surface area (Å²) in [5.41, 5.74) is 3.18. The molecule has 188 valence electrons. The number of ether oxygens (including phenoxy) is 3. The Labute approximate surface area is 206 Å². The molecular weight excluding hydrogens is 448 g/mol. The van der Waals surface area contributed by atoms with Gasteiger partial charge in [-0.2, -0.15) is 0 Å². The summed E-state index contributed by atoms with van der Waals surface area (Å²) < 4.78 is 16.6. The van der Waals surface area contributed by atoms with E-state index in [0.717, 1.165) is 22.3 Å². The van der Waals surface area contributed by atoms with Crippen molar-refractivity contribution in [1.82, 2.24) is 9.80 Å². The van der Waals surface area contributed by atoms with E-state index < -0.39 is 23.8 Å². The van der Waals surface area contributed by atoms with Gasteiger partial charge in [0.2, 0.25) is 5.91 Å². The van der Waals surface area contributed by atoms with Gasteiger partial charge in [0.1, 0.15) is 11.6 Å². The fraction of sp³-hybridized carbons (Fsp3) is 0.481. The highest BCUT2D eigenvalue weighted by Gasteiger charge is 2.42. The molecule has 1 unspecified atom stereocenters. The molecule has 0 aromatic heterocycles. The quantitative estimate of drug-likeness (QED) is 0.718. The van der Waals surface area contributed by atoms with Crippen molar-refractivity contribution >= 4 is 12.0 Å². The van der Waals surface area contributed by atoms with E-state index in [0.29, 0.717) is 37.4 Å². The molecule has 2 aromatic rings. The molecule has 4 rings (SSSR count). The number of benzene rings is 2. The van der Waals surface area contributed by atoms with Crippen molar-refractivity contribution in [3.05, 3.63) is 58.7 Å². The number of aliphatic hydroxyl groups is 1. The van der Waals surface area contributed by atoms with Gasteiger partial charge >= 0.3 is 6.09 Å². The minimum absolute atomic E-state index is 0.204. The molecule has 2 aliphatic heterocycles. The maximum Gasteiger partial charge on any atom is 0.411 e. The van der Waals surface area contributed by atoms with Crippen molar-refractivity contribution < 1.29 is 28.9 Å². The van der Waals surface area contributed by atoms with Crippen LogP contribution >= 0.6 is 0 Å². The Kier molecular flexibility index (Phi) is 6.94. The second kappa shape index (κ2) is 9.77. The Bertz CT molecular complexity index is 1110. The molecule has 0 spiro atoms. The predicted molar refractivity (Wildman–Crippen MR) is 131 cm³/mol. The van der Waals surface area contributed by atoms with Crippen LogP contribution in [-0.4, -0.2) is 65.9 Å². The Morgan fingerprint density at radius 3 is 2.29 bits per heavy atom. The first-order chi connectivity index (χ1) is 16.7. The van der Waals surface area contributed by atoms with Crippen molar-refractivity contribution in [1.29, 1.82) is 0 Å². The summed E-state index contributed by atoms with van der Waals surface area (Å²) in [5, 5.41) is 10.4. The number of aliphatic hydroxyl groups excluding tert-OH is 1. The number of rotatable bonds is 4. The topological polar surface area (TPSA) is 88.5 Å². The molecule has 2 aliphatic rings. The minimum atomic E-state index is -0.726. The lowest BCUT2D eigenvalue weighted by Crippen LogP contribution is -2.56. The summed E-state index contributed by atoms with van der Waals surface area (Å²) >= 11 is 0. The monoisotopic (exact) mass is 482 g/mol. The molecule has 2 amide bonds. The van der Waals surface area contributed by atoms with E-state index in [1.54, 1.807) is 19.1 Å². The number of carbonyl (C=O) groups is 2. The third-order valence-corrected chi connectivity index (χ3v) is 6.62. The zero-order chi connectivity index (χ0) is 25.3. The highest BCUT2D eigenvalue weighted by Crippen LogP contribution is 2.39. The van der Waals surface area contributed by atoms with Crippen LogP contribution in [0.1, 0.15) is 49.1 Å². The number of hydrogen-bond donors (Lipinski definition) is 1. The average Bonchev–Trinajstić information content (AvgIpc) is 2.84. The third-order valence-electron chi connectivity index (χ3n) is 6.62. The molecule has 0 aliphatic carbocycles. The zero-order valence-corrected chi connectivity index (χ0v) is 21.0. The normalized spacial score (nSPS) is 19.5. The van der Waals surface area contributed by atoms with Crippen molar-refractivity contribution in [2.24, 2.45) is 0 Å². The number of amides is 2. The second-order valence-corrected chi connectivity index (χ2v) is 9.98. The van der Waals surface area contributed by atoms with Gasteiger partial charge in [-0.1, -0.05) is 24.3 Å². The summed E-state index contributed by atoms with van der Waals surface area (Å²) in [6.45, 7) is 5.90. The van der Waals surface area contributed by atoms with Crippen molar-refractivity contribution in [3.8, 4) is 11.5 Å². The molecule has 2 atom stereocenters. The summed E-state index contributed by atoms with van der Waals surface area (Å²) in [5.74, 6) is 0.952. The standard InChI is InChI=1S/C27H34N2O6/c1-27(2,3)35-26(32)29-15-19-9-7-6-8-17(19)12-21(29)25(31)28-11-10-18-13-23(33-4)24(34-5)14-20(18)22(28)16-30/h6-9,13-14,21-22,30H,10-12,15-16H2,1-5H3/t21-,22?/m0/s1. The summed E-state index contributed by atoms with van der Waals surface area (Å²) in [6.07, 6.45) is 0.477. The van der Waals surface area contributed by atoms with E-state index in [1.807, 2.05) is 57.2 Å². The van der Waals surface area contributed by atoms with E-state index in [9.17, 15) is 14.7 Å². The van der Waals surface area contributed by atoms with Crippen LogP contribution in [-0.2, 0) is 28.9 Å². The van der Waals surface area contributed by atoms with Gasteiger partial charge in [-0.15, -0.1) is 0 Å². The van der Waals surface area contributed by atoms with Crippen LogP contribution < -0.4 is 9.47 Å². The van der Waals surface area contributed by atoms with Crippen LogP contribution in [0.2, 0.25) is 0 Å². The second-order valence-electron chi connectivity index (χ2n) is 9.98. The van der Waals surface area contributed by atoms with E-state index in [4.69, 9.17) is 14.2 Å². The molecule has 8 nitrogen and oxygen atoms in total. The first kappa shape index (κ1) is 24.9. The highest BCUT2D eigenvalue weighted by molar-refractivity contribution is 5.87. The lowest BCUT2D eigenvalue weighted by molar-refractivity contribution is -0.141. The number of carbonyl (C=O) groups excluding carboxylic acids is 2. The fourth-order valence-corrected chi connectivity index (χ4v) is 4.94. The largest absolute Gasteiger partial charge is 0.493 e. The molecule has 0 saturated carbocycles. The Hall–Kier alpha value is -3.26. The van der Waals surface area contributed by atoms with Crippen LogP contribution in [0, 0.1) is 0 Å². The van der Waals surface area contributed by atoms with Gasteiger partial charge in [-0.05, 0) is 61.6 Å². The smallest absolute Gasteiger partial charge is 0.411 e. The molecule has 35 heavy (non-hydrogen) atoms. The molecule has 2 heterocycles. The summed E-state index contributed by atoms with van der Waals surface area (Å²) in [6, 6.07) is 10.3. The zero-order valence-electron chi connectivity index (χ0n) is 21.0. The van der Waals surface area contributed by atoms with Gasteiger partial charge in [-0.25, -0.2) is 4.79 Å².